The van der Waals surface area contributed by atoms with Crippen LogP contribution in [0, 0.1) is 35.2 Å². The summed E-state index contributed by atoms with van der Waals surface area (Å²) in [5.74, 6) is 3.17. The lowest BCUT2D eigenvalue weighted by atomic mass is 9.48. The molecule has 0 bridgehead atoms. The average molecular weight is 508 g/mol. The lowest BCUT2D eigenvalue weighted by Crippen LogP contribution is -2.49. The van der Waals surface area contributed by atoms with Crippen molar-refractivity contribution in [2.75, 3.05) is 20.0 Å². The third-order valence-electron chi connectivity index (χ3n) is 9.95. The molecule has 0 heterocycles. The summed E-state index contributed by atoms with van der Waals surface area (Å²) < 4.78 is 37.3. The standard InChI is InChI=1S/C30H37NO4S/c1-29-16-14-22(35-5)18-20(29)6-11-24-25-12-13-27(30(25,2)17-15-26(24)29)28(31-3)19-36(32,33)23-9-7-21(34-4)8-10-23/h6-10,13,18,24-26,28H,11-12,14-17,19H2,1-2,4-5H3/t24-,25-,26-,28?,29-,30-/m0/s1. The van der Waals surface area contributed by atoms with E-state index in [2.05, 4.69) is 36.9 Å². The molecule has 4 aliphatic rings. The molecule has 1 saturated carbocycles. The Balaban J connectivity index is 1.38. The Morgan fingerprint density at radius 1 is 1.03 bits per heavy atom. The van der Waals surface area contributed by atoms with E-state index < -0.39 is 15.9 Å². The molecule has 0 aromatic heterocycles. The van der Waals surface area contributed by atoms with Crippen molar-refractivity contribution in [3.63, 3.8) is 0 Å². The summed E-state index contributed by atoms with van der Waals surface area (Å²) in [5.41, 5.74) is 2.55. The Bertz CT molecular complexity index is 1270. The van der Waals surface area contributed by atoms with E-state index in [9.17, 15) is 8.42 Å². The molecule has 5 rings (SSSR count). The van der Waals surface area contributed by atoms with E-state index in [0.717, 1.165) is 49.9 Å². The van der Waals surface area contributed by atoms with Crippen LogP contribution < -0.4 is 4.74 Å². The van der Waals surface area contributed by atoms with E-state index in [0.29, 0.717) is 23.5 Å². The van der Waals surface area contributed by atoms with Gasteiger partial charge in [-0.25, -0.2) is 15.0 Å². The third kappa shape index (κ3) is 3.91. The van der Waals surface area contributed by atoms with Crippen LogP contribution in [-0.4, -0.2) is 34.4 Å². The smallest absolute Gasteiger partial charge is 0.259 e. The van der Waals surface area contributed by atoms with Crippen LogP contribution in [0.1, 0.15) is 52.4 Å². The number of hydrogen-bond acceptors (Lipinski definition) is 4. The van der Waals surface area contributed by atoms with Crippen molar-refractivity contribution in [3.8, 4) is 5.75 Å². The van der Waals surface area contributed by atoms with Crippen molar-refractivity contribution in [3.05, 3.63) is 70.8 Å². The number of fused-ring (bicyclic) bond motifs is 5. The first-order chi connectivity index (χ1) is 17.2. The van der Waals surface area contributed by atoms with Crippen LogP contribution >= 0.6 is 0 Å². The first-order valence-corrected chi connectivity index (χ1v) is 14.7. The summed E-state index contributed by atoms with van der Waals surface area (Å²) in [4.78, 5) is 4.15. The van der Waals surface area contributed by atoms with Crippen LogP contribution in [-0.2, 0) is 14.6 Å². The molecule has 1 aromatic carbocycles. The number of sulfone groups is 1. The minimum atomic E-state index is -3.59. The van der Waals surface area contributed by atoms with Crippen LogP contribution in [0.25, 0.3) is 4.85 Å². The van der Waals surface area contributed by atoms with Gasteiger partial charge in [-0.15, -0.1) is 0 Å². The molecule has 36 heavy (non-hydrogen) atoms. The average Bonchev–Trinajstić information content (AvgIpc) is 3.24. The maximum absolute atomic E-state index is 13.3. The van der Waals surface area contributed by atoms with Crippen molar-refractivity contribution in [1.82, 2.24) is 0 Å². The van der Waals surface area contributed by atoms with Crippen molar-refractivity contribution in [2.45, 2.75) is 63.3 Å². The Morgan fingerprint density at radius 2 is 1.78 bits per heavy atom. The topological polar surface area (TPSA) is 57.0 Å². The molecule has 4 aliphatic carbocycles. The molecule has 1 unspecified atom stereocenters. The minimum Gasteiger partial charge on any atom is -0.501 e. The van der Waals surface area contributed by atoms with Gasteiger partial charge in [-0.1, -0.05) is 26.0 Å². The minimum absolute atomic E-state index is 0.115. The maximum Gasteiger partial charge on any atom is 0.259 e. The summed E-state index contributed by atoms with van der Waals surface area (Å²) in [6.07, 6.45) is 13.2. The maximum atomic E-state index is 13.3. The van der Waals surface area contributed by atoms with Crippen molar-refractivity contribution in [2.24, 2.45) is 28.6 Å². The molecule has 0 saturated heterocycles. The highest BCUT2D eigenvalue weighted by molar-refractivity contribution is 7.91. The molecule has 6 heteroatoms. The predicted molar refractivity (Wildman–Crippen MR) is 141 cm³/mol. The number of methoxy groups -OCH3 is 2. The van der Waals surface area contributed by atoms with Crippen LogP contribution in [0.4, 0.5) is 0 Å². The number of hydrogen-bond donors (Lipinski definition) is 0. The number of nitrogens with zero attached hydrogens (tertiary/aromatic N) is 1. The fourth-order valence-corrected chi connectivity index (χ4v) is 9.27. The number of benzene rings is 1. The molecule has 0 amide bonds. The van der Waals surface area contributed by atoms with Gasteiger partial charge < -0.3 is 14.3 Å². The lowest BCUT2D eigenvalue weighted by molar-refractivity contribution is -0.0126. The first-order valence-electron chi connectivity index (χ1n) is 13.1. The Labute approximate surface area is 216 Å². The highest BCUT2D eigenvalue weighted by Crippen LogP contribution is 2.65. The molecule has 1 fully saturated rings. The van der Waals surface area contributed by atoms with E-state index in [-0.39, 0.29) is 21.5 Å². The second-order valence-corrected chi connectivity index (χ2v) is 13.5. The van der Waals surface area contributed by atoms with Gasteiger partial charge in [-0.05, 0) is 96.6 Å². The van der Waals surface area contributed by atoms with E-state index in [1.807, 2.05) is 0 Å². The fourth-order valence-electron chi connectivity index (χ4n) is 7.86. The van der Waals surface area contributed by atoms with E-state index in [1.54, 1.807) is 38.5 Å². The van der Waals surface area contributed by atoms with Gasteiger partial charge in [0.1, 0.15) is 11.5 Å². The summed E-state index contributed by atoms with van der Waals surface area (Å²) in [5, 5.41) is 0. The van der Waals surface area contributed by atoms with Gasteiger partial charge in [0.25, 0.3) is 6.04 Å². The monoisotopic (exact) mass is 507 g/mol. The second-order valence-electron chi connectivity index (χ2n) is 11.5. The molecular weight excluding hydrogens is 470 g/mol. The van der Waals surface area contributed by atoms with Crippen molar-refractivity contribution < 1.29 is 17.9 Å². The second kappa shape index (κ2) is 9.10. The van der Waals surface area contributed by atoms with Crippen LogP contribution in [0.3, 0.4) is 0 Å². The first kappa shape index (κ1) is 25.1. The Kier molecular flexibility index (Phi) is 6.35. The summed E-state index contributed by atoms with van der Waals surface area (Å²) in [6.45, 7) is 12.7. The van der Waals surface area contributed by atoms with Gasteiger partial charge in [0.2, 0.25) is 0 Å². The molecule has 192 valence electrons. The van der Waals surface area contributed by atoms with Gasteiger partial charge in [-0.3, -0.25) is 0 Å². The summed E-state index contributed by atoms with van der Waals surface area (Å²) in [7, 11) is -0.271. The fraction of sp³-hybridized carbons (Fsp3) is 0.567. The predicted octanol–water partition coefficient (Wildman–Crippen LogP) is 6.40. The van der Waals surface area contributed by atoms with Crippen molar-refractivity contribution in [1.29, 1.82) is 0 Å². The number of ether oxygens (including phenoxy) is 2. The van der Waals surface area contributed by atoms with Gasteiger partial charge in [0.15, 0.2) is 9.84 Å². The molecule has 0 radical (unpaired) electrons. The largest absolute Gasteiger partial charge is 0.501 e. The normalized spacial score (nSPS) is 34.1. The number of allylic oxidation sites excluding steroid dienone is 5. The van der Waals surface area contributed by atoms with Gasteiger partial charge in [-0.2, -0.15) is 0 Å². The van der Waals surface area contributed by atoms with E-state index >= 15 is 0 Å². The van der Waals surface area contributed by atoms with Crippen LogP contribution in [0.2, 0.25) is 0 Å². The van der Waals surface area contributed by atoms with Gasteiger partial charge in [0, 0.05) is 12.0 Å². The summed E-state index contributed by atoms with van der Waals surface area (Å²) in [6, 6.07) is 5.84. The van der Waals surface area contributed by atoms with Gasteiger partial charge in [0.05, 0.1) is 24.9 Å². The quantitative estimate of drug-likeness (QED) is 0.330. The third-order valence-corrected chi connectivity index (χ3v) is 11.7. The highest BCUT2D eigenvalue weighted by Gasteiger charge is 2.58. The molecule has 0 aliphatic heterocycles. The zero-order chi connectivity index (χ0) is 25.7. The Hall–Kier alpha value is -2.52. The molecule has 6 atom stereocenters. The molecule has 0 spiro atoms. The Morgan fingerprint density at radius 3 is 2.44 bits per heavy atom. The zero-order valence-electron chi connectivity index (χ0n) is 21.8. The van der Waals surface area contributed by atoms with E-state index in [4.69, 9.17) is 16.0 Å². The molecule has 1 aromatic rings. The van der Waals surface area contributed by atoms with Gasteiger partial charge >= 0.3 is 0 Å². The highest BCUT2D eigenvalue weighted by atomic mass is 32.2. The number of rotatable bonds is 6. The lowest BCUT2D eigenvalue weighted by Gasteiger charge is -2.56. The van der Waals surface area contributed by atoms with Crippen LogP contribution in [0.15, 0.2) is 64.3 Å². The van der Waals surface area contributed by atoms with E-state index in [1.165, 1.54) is 5.57 Å². The molecule has 0 N–H and O–H groups in total. The summed E-state index contributed by atoms with van der Waals surface area (Å²) >= 11 is 0. The SMILES string of the molecule is [C-]#[N+]C(CS(=O)(=O)c1ccc(OC)cc1)C1=CC[C@H]2[C@@H]3CC=C4C=C(OC)CC[C@]4(C)[C@H]3CC[C@]12C. The van der Waals surface area contributed by atoms with Crippen molar-refractivity contribution >= 4 is 9.84 Å². The molecular formula is C30H37NO4S. The van der Waals surface area contributed by atoms with Crippen LogP contribution in [0.5, 0.6) is 5.75 Å². The molecule has 5 nitrogen and oxygen atoms in total. The zero-order valence-corrected chi connectivity index (χ0v) is 22.6.